The number of aliphatic imine (C=N–C) groups is 1. The van der Waals surface area contributed by atoms with E-state index in [-0.39, 0.29) is 12.2 Å². The van der Waals surface area contributed by atoms with Gasteiger partial charge in [-0.1, -0.05) is 72.8 Å². The molecule has 0 aliphatic carbocycles. The van der Waals surface area contributed by atoms with Gasteiger partial charge in [-0.25, -0.2) is 9.18 Å². The molecule has 154 valence electrons. The number of hydrogen-bond donors (Lipinski definition) is 0. The first kappa shape index (κ1) is 21.4. The first-order valence-electron chi connectivity index (χ1n) is 9.98. The summed E-state index contributed by atoms with van der Waals surface area (Å²) in [4.78, 5) is 17.9. The Morgan fingerprint density at radius 2 is 1.47 bits per heavy atom. The summed E-state index contributed by atoms with van der Waals surface area (Å²) in [6.07, 6.45) is 0.246. The van der Waals surface area contributed by atoms with Gasteiger partial charge in [0.05, 0.1) is 5.71 Å². The molecule has 3 rings (SSSR count). The third-order valence-corrected chi connectivity index (χ3v) is 4.38. The Morgan fingerprint density at radius 1 is 0.900 bits per heavy atom. The van der Waals surface area contributed by atoms with Crippen LogP contribution >= 0.6 is 0 Å². The van der Waals surface area contributed by atoms with Crippen molar-refractivity contribution in [3.8, 4) is 0 Å². The van der Waals surface area contributed by atoms with Crippen molar-refractivity contribution in [3.05, 3.63) is 107 Å². The highest BCUT2D eigenvalue weighted by molar-refractivity contribution is 6.13. The molecule has 0 fully saturated rings. The van der Waals surface area contributed by atoms with Crippen molar-refractivity contribution in [2.24, 2.45) is 4.99 Å². The highest BCUT2D eigenvalue weighted by Gasteiger charge is 2.26. The molecular weight excluding hydrogens is 377 g/mol. The van der Waals surface area contributed by atoms with Crippen LogP contribution in [0.15, 0.2) is 89.9 Å². The van der Waals surface area contributed by atoms with Crippen LogP contribution in [-0.2, 0) is 16.0 Å². The number of halogens is 1. The summed E-state index contributed by atoms with van der Waals surface area (Å²) < 4.78 is 19.4. The van der Waals surface area contributed by atoms with Crippen LogP contribution in [0.5, 0.6) is 0 Å². The number of ether oxygens (including phenoxy) is 1. The van der Waals surface area contributed by atoms with Gasteiger partial charge in [0, 0.05) is 17.5 Å². The number of nitrogens with zero attached hydrogens (tertiary/aromatic N) is 1. The molecule has 0 aliphatic rings. The highest BCUT2D eigenvalue weighted by atomic mass is 19.1. The molecule has 0 amide bonds. The second kappa shape index (κ2) is 9.49. The summed E-state index contributed by atoms with van der Waals surface area (Å²) >= 11 is 0. The van der Waals surface area contributed by atoms with Crippen LogP contribution in [0.4, 0.5) is 4.39 Å². The van der Waals surface area contributed by atoms with E-state index in [1.807, 2.05) is 81.4 Å². The van der Waals surface area contributed by atoms with Gasteiger partial charge < -0.3 is 4.74 Å². The van der Waals surface area contributed by atoms with E-state index in [1.165, 1.54) is 12.1 Å². The fourth-order valence-electron chi connectivity index (χ4n) is 3.10. The van der Waals surface area contributed by atoms with E-state index in [2.05, 4.69) is 0 Å². The Morgan fingerprint density at radius 3 is 1.97 bits per heavy atom. The van der Waals surface area contributed by atoms with Crippen molar-refractivity contribution in [1.82, 2.24) is 0 Å². The average molecular weight is 403 g/mol. The molecule has 0 heterocycles. The number of benzene rings is 3. The minimum atomic E-state index is -0.804. The number of carbonyl (C=O) groups is 1. The molecule has 0 aliphatic heterocycles. The van der Waals surface area contributed by atoms with Crippen LogP contribution in [0.1, 0.15) is 37.5 Å². The zero-order valence-corrected chi connectivity index (χ0v) is 17.5. The van der Waals surface area contributed by atoms with Gasteiger partial charge in [0.25, 0.3) is 0 Å². The minimum Gasteiger partial charge on any atom is -0.458 e. The molecule has 3 aromatic carbocycles. The number of rotatable bonds is 6. The van der Waals surface area contributed by atoms with Crippen molar-refractivity contribution < 1.29 is 13.9 Å². The highest BCUT2D eigenvalue weighted by Crippen LogP contribution is 2.18. The van der Waals surface area contributed by atoms with Crippen LogP contribution in [0.25, 0.3) is 0 Å². The van der Waals surface area contributed by atoms with Crippen molar-refractivity contribution in [2.75, 3.05) is 0 Å². The molecule has 3 nitrogen and oxygen atoms in total. The van der Waals surface area contributed by atoms with Crippen LogP contribution in [0.3, 0.4) is 0 Å². The molecule has 0 saturated carbocycles. The molecule has 0 radical (unpaired) electrons. The van der Waals surface area contributed by atoms with Gasteiger partial charge in [0.1, 0.15) is 11.4 Å². The van der Waals surface area contributed by atoms with Crippen molar-refractivity contribution in [1.29, 1.82) is 0 Å². The molecule has 0 N–H and O–H groups in total. The molecule has 0 spiro atoms. The molecule has 1 unspecified atom stereocenters. The Balaban J connectivity index is 2.06. The largest absolute Gasteiger partial charge is 0.458 e. The Bertz CT molecular complexity index is 966. The monoisotopic (exact) mass is 403 g/mol. The Labute approximate surface area is 177 Å². The lowest BCUT2D eigenvalue weighted by atomic mass is 10.0. The first-order chi connectivity index (χ1) is 14.3. The third kappa shape index (κ3) is 6.11. The van der Waals surface area contributed by atoms with Gasteiger partial charge >= 0.3 is 5.97 Å². The maximum atomic E-state index is 13.7. The molecular formula is C26H26FNO2. The van der Waals surface area contributed by atoms with Crippen LogP contribution in [0.2, 0.25) is 0 Å². The van der Waals surface area contributed by atoms with Gasteiger partial charge in [0.15, 0.2) is 6.04 Å². The second-order valence-corrected chi connectivity index (χ2v) is 8.09. The molecule has 30 heavy (non-hydrogen) atoms. The number of carbonyl (C=O) groups excluding carboxylic acids is 1. The number of hydrogen-bond acceptors (Lipinski definition) is 3. The third-order valence-electron chi connectivity index (χ3n) is 4.38. The molecule has 4 heteroatoms. The van der Waals surface area contributed by atoms with Gasteiger partial charge in [-0.15, -0.1) is 0 Å². The maximum Gasteiger partial charge on any atom is 0.331 e. The average Bonchev–Trinajstić information content (AvgIpc) is 2.71. The minimum absolute atomic E-state index is 0.246. The SMILES string of the molecule is CC(C)(C)OC(=O)C(Cc1cccc(F)c1)N=C(c1ccccc1)c1ccccc1. The quantitative estimate of drug-likeness (QED) is 0.396. The molecule has 3 aromatic rings. The summed E-state index contributed by atoms with van der Waals surface area (Å²) in [5.41, 5.74) is 2.54. The van der Waals surface area contributed by atoms with Crippen LogP contribution in [-0.4, -0.2) is 23.3 Å². The molecule has 1 atom stereocenters. The van der Waals surface area contributed by atoms with Crippen molar-refractivity contribution in [2.45, 2.75) is 38.8 Å². The standard InChI is InChI=1S/C26H26FNO2/c1-26(2,3)30-25(29)23(18-19-11-10-16-22(27)17-19)28-24(20-12-6-4-7-13-20)21-14-8-5-9-15-21/h4-17,23H,18H2,1-3H3. The van der Waals surface area contributed by atoms with Gasteiger partial charge in [-0.3, -0.25) is 4.99 Å². The van der Waals surface area contributed by atoms with E-state index in [4.69, 9.17) is 9.73 Å². The predicted octanol–water partition coefficient (Wildman–Crippen LogP) is 5.62. The summed E-state index contributed by atoms with van der Waals surface area (Å²) in [6.45, 7) is 5.47. The lowest BCUT2D eigenvalue weighted by molar-refractivity contribution is -0.156. The van der Waals surface area contributed by atoms with Gasteiger partial charge in [-0.2, -0.15) is 0 Å². The van der Waals surface area contributed by atoms with Crippen molar-refractivity contribution >= 4 is 11.7 Å². The van der Waals surface area contributed by atoms with Crippen LogP contribution in [0, 0.1) is 5.82 Å². The lowest BCUT2D eigenvalue weighted by Gasteiger charge is -2.23. The van der Waals surface area contributed by atoms with Crippen LogP contribution < -0.4 is 0 Å². The summed E-state index contributed by atoms with van der Waals surface area (Å²) in [5.74, 6) is -0.776. The Hall–Kier alpha value is -3.27. The smallest absolute Gasteiger partial charge is 0.331 e. The zero-order valence-electron chi connectivity index (χ0n) is 17.5. The van der Waals surface area contributed by atoms with Gasteiger partial charge in [0.2, 0.25) is 0 Å². The number of esters is 1. The fourth-order valence-corrected chi connectivity index (χ4v) is 3.10. The van der Waals surface area contributed by atoms with Gasteiger partial charge in [-0.05, 0) is 38.5 Å². The molecule has 0 aromatic heterocycles. The molecule has 0 saturated heterocycles. The summed E-state index contributed by atoms with van der Waals surface area (Å²) in [6, 6.07) is 24.9. The fraction of sp³-hybridized carbons (Fsp3) is 0.231. The lowest BCUT2D eigenvalue weighted by Crippen LogP contribution is -2.33. The first-order valence-corrected chi connectivity index (χ1v) is 9.98. The summed E-state index contributed by atoms with van der Waals surface area (Å²) in [7, 11) is 0. The van der Waals surface area contributed by atoms with E-state index in [0.29, 0.717) is 11.3 Å². The zero-order chi connectivity index (χ0) is 21.6. The Kier molecular flexibility index (Phi) is 6.78. The predicted molar refractivity (Wildman–Crippen MR) is 118 cm³/mol. The van der Waals surface area contributed by atoms with E-state index in [0.717, 1.165) is 11.1 Å². The maximum absolute atomic E-state index is 13.7. The van der Waals surface area contributed by atoms with E-state index >= 15 is 0 Å². The van der Waals surface area contributed by atoms with E-state index < -0.39 is 17.6 Å². The van der Waals surface area contributed by atoms with E-state index in [1.54, 1.807) is 12.1 Å². The van der Waals surface area contributed by atoms with Crippen molar-refractivity contribution in [3.63, 3.8) is 0 Å². The van der Waals surface area contributed by atoms with E-state index in [9.17, 15) is 9.18 Å². The topological polar surface area (TPSA) is 38.7 Å². The molecule has 0 bridgehead atoms. The summed E-state index contributed by atoms with van der Waals surface area (Å²) in [5, 5.41) is 0. The normalized spacial score (nSPS) is 12.1. The second-order valence-electron chi connectivity index (χ2n) is 8.09.